The van der Waals surface area contributed by atoms with Gasteiger partial charge in [-0.2, -0.15) is 0 Å². The zero-order valence-corrected chi connectivity index (χ0v) is 16.1. The highest BCUT2D eigenvalue weighted by Crippen LogP contribution is 2.33. The van der Waals surface area contributed by atoms with Crippen LogP contribution in [0.1, 0.15) is 0 Å². The second kappa shape index (κ2) is 6.08. The Labute approximate surface area is 168 Å². The first-order valence-corrected chi connectivity index (χ1v) is 9.82. The van der Waals surface area contributed by atoms with Gasteiger partial charge in [-0.15, -0.1) is 0 Å². The molecule has 2 aromatic heterocycles. The summed E-state index contributed by atoms with van der Waals surface area (Å²) in [5.41, 5.74) is 6.82. The van der Waals surface area contributed by atoms with Crippen LogP contribution in [0.4, 0.5) is 0 Å². The maximum Gasteiger partial charge on any atom is 0.145 e. The molecule has 4 aromatic carbocycles. The number of benzene rings is 4. The van der Waals surface area contributed by atoms with E-state index in [4.69, 9.17) is 4.98 Å². The highest BCUT2D eigenvalue weighted by Gasteiger charge is 2.15. The van der Waals surface area contributed by atoms with E-state index in [1.807, 2.05) is 12.1 Å². The molecule has 0 radical (unpaired) electrons. The molecule has 0 spiro atoms. The fourth-order valence-electron chi connectivity index (χ4n) is 4.36. The largest absolute Gasteiger partial charge is 0.344 e. The van der Waals surface area contributed by atoms with Crippen molar-refractivity contribution in [2.24, 2.45) is 7.05 Å². The Morgan fingerprint density at radius 1 is 0.621 bits per heavy atom. The first-order valence-electron chi connectivity index (χ1n) is 9.82. The van der Waals surface area contributed by atoms with Gasteiger partial charge in [0, 0.05) is 34.6 Å². The summed E-state index contributed by atoms with van der Waals surface area (Å²) in [6.45, 7) is 0. The summed E-state index contributed by atoms with van der Waals surface area (Å²) < 4.78 is 4.54. The summed E-state index contributed by atoms with van der Waals surface area (Å²) in [6, 6.07) is 34.0. The first kappa shape index (κ1) is 16.1. The van der Waals surface area contributed by atoms with Crippen molar-refractivity contribution < 1.29 is 0 Å². The molecule has 3 nitrogen and oxygen atoms in total. The van der Waals surface area contributed by atoms with Gasteiger partial charge in [-0.05, 0) is 30.3 Å². The van der Waals surface area contributed by atoms with E-state index in [2.05, 4.69) is 101 Å². The van der Waals surface area contributed by atoms with E-state index in [9.17, 15) is 0 Å². The predicted octanol–water partition coefficient (Wildman–Crippen LogP) is 6.34. The van der Waals surface area contributed by atoms with Crippen molar-refractivity contribution >= 4 is 32.8 Å². The van der Waals surface area contributed by atoms with Crippen LogP contribution in [0.15, 0.2) is 97.1 Å². The van der Waals surface area contributed by atoms with Crippen LogP contribution in [0, 0.1) is 0 Å². The number of nitrogens with zero attached hydrogens (tertiary/aromatic N) is 3. The molecule has 0 N–H and O–H groups in total. The highest BCUT2D eigenvalue weighted by molar-refractivity contribution is 6.08. The summed E-state index contributed by atoms with van der Waals surface area (Å²) in [5, 5.41) is 2.56. The number of aromatic nitrogens is 3. The number of para-hydroxylation sites is 3. The Kier molecular flexibility index (Phi) is 3.38. The Morgan fingerprint density at radius 2 is 1.31 bits per heavy atom. The minimum Gasteiger partial charge on any atom is -0.344 e. The van der Waals surface area contributed by atoms with Crippen molar-refractivity contribution in [1.82, 2.24) is 14.1 Å². The monoisotopic (exact) mass is 373 g/mol. The van der Waals surface area contributed by atoms with Crippen molar-refractivity contribution in [3.63, 3.8) is 0 Å². The van der Waals surface area contributed by atoms with Crippen molar-refractivity contribution in [3.05, 3.63) is 97.1 Å². The quantitative estimate of drug-likeness (QED) is 0.347. The number of hydrogen-bond donors (Lipinski definition) is 0. The van der Waals surface area contributed by atoms with Crippen molar-refractivity contribution in [3.8, 4) is 17.1 Å². The van der Waals surface area contributed by atoms with E-state index < -0.39 is 0 Å². The maximum absolute atomic E-state index is 4.96. The normalized spacial score (nSPS) is 11.6. The minimum absolute atomic E-state index is 0.963. The molecule has 0 aliphatic heterocycles. The molecule has 0 saturated carbocycles. The zero-order chi connectivity index (χ0) is 19.4. The van der Waals surface area contributed by atoms with Gasteiger partial charge in [0.2, 0.25) is 0 Å². The molecular formula is C26H19N3. The van der Waals surface area contributed by atoms with E-state index in [0.29, 0.717) is 0 Å². The lowest BCUT2D eigenvalue weighted by Crippen LogP contribution is -1.98. The van der Waals surface area contributed by atoms with Gasteiger partial charge in [0.05, 0.1) is 16.6 Å². The van der Waals surface area contributed by atoms with Crippen molar-refractivity contribution in [2.45, 2.75) is 0 Å². The third-order valence-electron chi connectivity index (χ3n) is 5.75. The van der Waals surface area contributed by atoms with Gasteiger partial charge in [0.25, 0.3) is 0 Å². The predicted molar refractivity (Wildman–Crippen MR) is 120 cm³/mol. The molecule has 29 heavy (non-hydrogen) atoms. The molecule has 138 valence electrons. The van der Waals surface area contributed by atoms with Gasteiger partial charge in [-0.25, -0.2) is 4.98 Å². The molecule has 0 amide bonds. The van der Waals surface area contributed by atoms with Gasteiger partial charge in [-0.1, -0.05) is 66.7 Å². The second-order valence-electron chi connectivity index (χ2n) is 7.40. The smallest absolute Gasteiger partial charge is 0.145 e. The number of hydrogen-bond acceptors (Lipinski definition) is 1. The van der Waals surface area contributed by atoms with Crippen LogP contribution in [-0.2, 0) is 7.05 Å². The molecule has 2 heterocycles. The number of aryl methyl sites for hydroxylation is 1. The van der Waals surface area contributed by atoms with Crippen LogP contribution in [0.3, 0.4) is 0 Å². The average Bonchev–Trinajstić information content (AvgIpc) is 3.31. The molecule has 0 atom stereocenters. The maximum atomic E-state index is 4.96. The van der Waals surface area contributed by atoms with Crippen molar-refractivity contribution in [1.29, 1.82) is 0 Å². The van der Waals surface area contributed by atoms with Gasteiger partial charge in [-0.3, -0.25) is 4.57 Å². The molecule has 0 fully saturated rings. The number of rotatable bonds is 2. The van der Waals surface area contributed by atoms with E-state index in [1.165, 1.54) is 21.8 Å². The third-order valence-corrected chi connectivity index (χ3v) is 5.75. The number of fused-ring (bicyclic) bond motifs is 4. The van der Waals surface area contributed by atoms with Gasteiger partial charge < -0.3 is 4.57 Å². The van der Waals surface area contributed by atoms with Crippen LogP contribution >= 0.6 is 0 Å². The topological polar surface area (TPSA) is 22.8 Å². The Balaban J connectivity index is 1.69. The number of imidazole rings is 1. The molecular weight excluding hydrogens is 354 g/mol. The summed E-state index contributed by atoms with van der Waals surface area (Å²) in [6.07, 6.45) is 0. The Bertz CT molecular complexity index is 1500. The van der Waals surface area contributed by atoms with Crippen LogP contribution in [-0.4, -0.2) is 14.1 Å². The van der Waals surface area contributed by atoms with Gasteiger partial charge in [0.15, 0.2) is 0 Å². The lowest BCUT2D eigenvalue weighted by atomic mass is 10.1. The molecule has 0 aliphatic carbocycles. The van der Waals surface area contributed by atoms with Crippen LogP contribution in [0.5, 0.6) is 0 Å². The molecule has 0 saturated heterocycles. The molecule has 6 aromatic rings. The molecule has 6 rings (SSSR count). The molecule has 0 bridgehead atoms. The van der Waals surface area contributed by atoms with Crippen LogP contribution in [0.2, 0.25) is 0 Å². The van der Waals surface area contributed by atoms with E-state index in [0.717, 1.165) is 28.1 Å². The van der Waals surface area contributed by atoms with Crippen molar-refractivity contribution in [2.75, 3.05) is 0 Å². The average molecular weight is 373 g/mol. The lowest BCUT2D eigenvalue weighted by Gasteiger charge is -2.10. The van der Waals surface area contributed by atoms with Gasteiger partial charge in [0.1, 0.15) is 5.82 Å². The Hall–Kier alpha value is -3.85. The first-order chi connectivity index (χ1) is 14.3. The fraction of sp³-hybridized carbons (Fsp3) is 0.0385. The second-order valence-corrected chi connectivity index (χ2v) is 7.40. The third kappa shape index (κ3) is 2.34. The summed E-state index contributed by atoms with van der Waals surface area (Å²) in [7, 11) is 2.14. The zero-order valence-electron chi connectivity index (χ0n) is 16.1. The van der Waals surface area contributed by atoms with E-state index in [1.54, 1.807) is 0 Å². The standard InChI is InChI=1S/C26H19N3/c1-28-23-13-7-5-11-20(23)21-16-15-19(17-25(21)28)29-24-14-8-6-12-22(24)27-26(29)18-9-3-2-4-10-18/h2-17H,1H3. The summed E-state index contributed by atoms with van der Waals surface area (Å²) in [5.74, 6) is 0.963. The van der Waals surface area contributed by atoms with Crippen LogP contribution < -0.4 is 0 Å². The SMILES string of the molecule is Cn1c2ccccc2c2ccc(-n3c(-c4ccccc4)nc4ccccc43)cc21. The summed E-state index contributed by atoms with van der Waals surface area (Å²) in [4.78, 5) is 4.96. The molecule has 0 unspecified atom stereocenters. The lowest BCUT2D eigenvalue weighted by molar-refractivity contribution is 1.01. The highest BCUT2D eigenvalue weighted by atomic mass is 15.1. The van der Waals surface area contributed by atoms with E-state index >= 15 is 0 Å². The minimum atomic E-state index is 0.963. The van der Waals surface area contributed by atoms with Crippen LogP contribution in [0.25, 0.3) is 49.9 Å². The fourth-order valence-corrected chi connectivity index (χ4v) is 4.36. The Morgan fingerprint density at radius 3 is 2.17 bits per heavy atom. The van der Waals surface area contributed by atoms with Gasteiger partial charge >= 0.3 is 0 Å². The molecule has 3 heteroatoms. The summed E-state index contributed by atoms with van der Waals surface area (Å²) >= 11 is 0. The van der Waals surface area contributed by atoms with E-state index in [-0.39, 0.29) is 0 Å². The molecule has 0 aliphatic rings.